The van der Waals surface area contributed by atoms with Gasteiger partial charge in [-0.25, -0.2) is 0 Å². The van der Waals surface area contributed by atoms with E-state index in [0.29, 0.717) is 5.88 Å². The standard InChI is InChI=1S/C12H16ClN5O.2ClH/c13-10-1-3-11(4-2-10)16-5-7-17(8-6-16)18-9-12(14)19-15-18;;/h1-4,9,15H,5-8,14H2;2*1H. The lowest BCUT2D eigenvalue weighted by Gasteiger charge is -2.37. The van der Waals surface area contributed by atoms with Crippen LogP contribution in [0.5, 0.6) is 0 Å². The normalized spacial score (nSPS) is 18.4. The molecule has 0 bridgehead atoms. The van der Waals surface area contributed by atoms with Crippen LogP contribution in [0.3, 0.4) is 0 Å². The van der Waals surface area contributed by atoms with E-state index >= 15 is 0 Å². The zero-order valence-electron chi connectivity index (χ0n) is 11.3. The number of halogens is 3. The second-order valence-corrected chi connectivity index (χ2v) is 4.99. The van der Waals surface area contributed by atoms with Crippen LogP contribution in [0, 0.1) is 0 Å². The molecule has 1 aromatic rings. The van der Waals surface area contributed by atoms with Crippen molar-refractivity contribution in [1.82, 2.24) is 10.1 Å². The summed E-state index contributed by atoms with van der Waals surface area (Å²) in [5, 5.41) is 4.88. The van der Waals surface area contributed by atoms with Gasteiger partial charge in [0.25, 0.3) is 5.88 Å². The predicted molar refractivity (Wildman–Crippen MR) is 79.6 cm³/mol. The fourth-order valence-corrected chi connectivity index (χ4v) is 2.42. The van der Waals surface area contributed by atoms with E-state index in [9.17, 15) is 0 Å². The lowest BCUT2D eigenvalue weighted by Crippen LogP contribution is -3.00. The molecule has 0 aliphatic carbocycles. The number of nitrogens with two attached hydrogens (primary N) is 2. The number of anilines is 1. The minimum absolute atomic E-state index is 0. The van der Waals surface area contributed by atoms with Crippen LogP contribution in [0.2, 0.25) is 5.02 Å². The second kappa shape index (κ2) is 7.82. The van der Waals surface area contributed by atoms with Crippen molar-refractivity contribution in [2.45, 2.75) is 0 Å². The summed E-state index contributed by atoms with van der Waals surface area (Å²) >= 11 is 5.90. The quantitative estimate of drug-likeness (QED) is 0.566. The van der Waals surface area contributed by atoms with E-state index in [1.54, 1.807) is 11.8 Å². The number of rotatable bonds is 2. The van der Waals surface area contributed by atoms with Crippen LogP contribution < -0.4 is 28.6 Å². The van der Waals surface area contributed by atoms with Crippen LogP contribution in [0.1, 0.15) is 0 Å². The van der Waals surface area contributed by atoms with Gasteiger partial charge in [-0.15, -0.1) is 17.5 Å². The Bertz CT molecular complexity index is 476. The summed E-state index contributed by atoms with van der Waals surface area (Å²) in [7, 11) is 0. The molecule has 2 aliphatic rings. The van der Waals surface area contributed by atoms with Gasteiger partial charge >= 0.3 is 0 Å². The molecule has 0 atom stereocenters. The van der Waals surface area contributed by atoms with Crippen molar-refractivity contribution in [3.8, 4) is 0 Å². The zero-order valence-corrected chi connectivity index (χ0v) is 13.6. The molecular formula is C12H18Cl3N5O. The summed E-state index contributed by atoms with van der Waals surface area (Å²) in [5.41, 5.74) is 8.42. The highest BCUT2D eigenvalue weighted by Crippen LogP contribution is 2.19. The van der Waals surface area contributed by atoms with Crippen molar-refractivity contribution in [3.63, 3.8) is 0 Å². The maximum Gasteiger partial charge on any atom is 0.279 e. The highest BCUT2D eigenvalue weighted by Gasteiger charge is 2.26. The molecule has 2 heterocycles. The first-order valence-electron chi connectivity index (χ1n) is 6.23. The van der Waals surface area contributed by atoms with E-state index in [1.165, 1.54) is 5.69 Å². The molecule has 3 rings (SSSR count). The molecule has 0 unspecified atom stereocenters. The van der Waals surface area contributed by atoms with Crippen molar-refractivity contribution in [1.29, 1.82) is 0 Å². The number of piperazine rings is 1. The van der Waals surface area contributed by atoms with Crippen LogP contribution in [-0.4, -0.2) is 36.3 Å². The molecule has 1 fully saturated rings. The predicted octanol–water partition coefficient (Wildman–Crippen LogP) is -2.71. The van der Waals surface area contributed by atoms with Gasteiger partial charge in [0.2, 0.25) is 0 Å². The Kier molecular flexibility index (Phi) is 6.70. The van der Waals surface area contributed by atoms with Crippen LogP contribution in [-0.2, 0) is 4.84 Å². The van der Waals surface area contributed by atoms with Crippen LogP contribution in [0.15, 0.2) is 36.3 Å². The van der Waals surface area contributed by atoms with Gasteiger partial charge < -0.3 is 23.0 Å². The van der Waals surface area contributed by atoms with Crippen molar-refractivity contribution >= 4 is 29.7 Å². The Morgan fingerprint density at radius 3 is 2.24 bits per heavy atom. The minimum atomic E-state index is 0. The molecule has 21 heavy (non-hydrogen) atoms. The Morgan fingerprint density at radius 2 is 1.71 bits per heavy atom. The molecule has 1 saturated heterocycles. The highest BCUT2D eigenvalue weighted by atomic mass is 35.5. The Balaban J connectivity index is 0.00000110. The number of quaternary nitrogens is 1. The SMILES string of the molecule is Cl.NC1=CN(N2CCN(c3ccc(Cl)cc3)CC2)[NH2+]O1.[Cl-]. The molecule has 0 spiro atoms. The molecule has 0 radical (unpaired) electrons. The largest absolute Gasteiger partial charge is 1.00 e. The fraction of sp³-hybridized carbons (Fsp3) is 0.333. The minimum Gasteiger partial charge on any atom is -1.00 e. The van der Waals surface area contributed by atoms with Crippen molar-refractivity contribution in [2.75, 3.05) is 31.1 Å². The van der Waals surface area contributed by atoms with Gasteiger partial charge in [0.05, 0.1) is 0 Å². The summed E-state index contributed by atoms with van der Waals surface area (Å²) < 4.78 is 0. The Morgan fingerprint density at radius 1 is 1.10 bits per heavy atom. The first-order valence-corrected chi connectivity index (χ1v) is 6.61. The Hall–Kier alpha value is -1.05. The van der Waals surface area contributed by atoms with E-state index in [1.807, 2.05) is 17.3 Å². The van der Waals surface area contributed by atoms with E-state index in [2.05, 4.69) is 22.0 Å². The van der Waals surface area contributed by atoms with Gasteiger partial charge in [-0.1, -0.05) is 11.6 Å². The molecule has 2 aliphatic heterocycles. The van der Waals surface area contributed by atoms with Gasteiger partial charge in [0.15, 0.2) is 0 Å². The third-order valence-electron chi connectivity index (χ3n) is 3.33. The summed E-state index contributed by atoms with van der Waals surface area (Å²) in [6.45, 7) is 3.76. The lowest BCUT2D eigenvalue weighted by molar-refractivity contribution is -0.990. The van der Waals surface area contributed by atoms with Crippen molar-refractivity contribution < 1.29 is 22.8 Å². The van der Waals surface area contributed by atoms with Crippen molar-refractivity contribution in [3.05, 3.63) is 41.4 Å². The maximum absolute atomic E-state index is 5.90. The van der Waals surface area contributed by atoms with Gasteiger partial charge in [-0.2, -0.15) is 5.01 Å². The molecule has 0 amide bonds. The Labute approximate surface area is 141 Å². The van der Waals surface area contributed by atoms with Crippen LogP contribution in [0.4, 0.5) is 5.69 Å². The van der Waals surface area contributed by atoms with Gasteiger partial charge in [-0.3, -0.25) is 4.84 Å². The number of hydrazine groups is 1. The smallest absolute Gasteiger partial charge is 0.279 e. The first kappa shape index (κ1) is 18.0. The van der Waals surface area contributed by atoms with E-state index in [0.717, 1.165) is 31.2 Å². The monoisotopic (exact) mass is 353 g/mol. The number of nitrogens with zero attached hydrogens (tertiary/aromatic N) is 3. The summed E-state index contributed by atoms with van der Waals surface area (Å²) in [5.74, 6) is 0.431. The summed E-state index contributed by atoms with van der Waals surface area (Å²) in [6, 6.07) is 7.96. The second-order valence-electron chi connectivity index (χ2n) is 4.55. The number of benzene rings is 1. The third-order valence-corrected chi connectivity index (χ3v) is 3.58. The molecule has 0 aromatic heterocycles. The molecule has 118 valence electrons. The number of hydrogen-bond acceptors (Lipinski definition) is 5. The van der Waals surface area contributed by atoms with Gasteiger partial charge in [0, 0.05) is 36.9 Å². The molecular weight excluding hydrogens is 337 g/mol. The topological polar surface area (TPSA) is 61.6 Å². The summed E-state index contributed by atoms with van der Waals surface area (Å²) in [6.07, 6.45) is 1.79. The van der Waals surface area contributed by atoms with Crippen LogP contribution in [0.25, 0.3) is 0 Å². The van der Waals surface area contributed by atoms with Gasteiger partial charge in [0.1, 0.15) is 6.20 Å². The average Bonchev–Trinajstić information content (AvgIpc) is 2.87. The molecule has 9 heteroatoms. The number of hydrogen-bond donors (Lipinski definition) is 2. The molecule has 6 nitrogen and oxygen atoms in total. The van der Waals surface area contributed by atoms with Gasteiger partial charge in [-0.05, 0) is 29.9 Å². The molecule has 1 aromatic carbocycles. The average molecular weight is 355 g/mol. The third kappa shape index (κ3) is 4.21. The fourth-order valence-electron chi connectivity index (χ4n) is 2.29. The highest BCUT2D eigenvalue weighted by molar-refractivity contribution is 6.30. The van der Waals surface area contributed by atoms with Crippen LogP contribution >= 0.6 is 24.0 Å². The molecule has 4 N–H and O–H groups in total. The van der Waals surface area contributed by atoms with E-state index < -0.39 is 0 Å². The lowest BCUT2D eigenvalue weighted by atomic mass is 10.2. The maximum atomic E-state index is 5.90. The van der Waals surface area contributed by atoms with Crippen molar-refractivity contribution in [2.24, 2.45) is 5.73 Å². The van der Waals surface area contributed by atoms with E-state index in [-0.39, 0.29) is 24.8 Å². The molecule has 0 saturated carbocycles. The van der Waals surface area contributed by atoms with E-state index in [4.69, 9.17) is 22.2 Å². The first-order chi connectivity index (χ1) is 9.22. The summed E-state index contributed by atoms with van der Waals surface area (Å²) in [4.78, 5) is 7.46. The zero-order chi connectivity index (χ0) is 13.2.